The summed E-state index contributed by atoms with van der Waals surface area (Å²) in [5, 5.41) is 0. The molecule has 0 saturated carbocycles. The molecular formula is C14H20N2OS. The summed E-state index contributed by atoms with van der Waals surface area (Å²) in [5.41, 5.74) is 1.94. The Kier molecular flexibility index (Phi) is 4.66. The minimum Gasteiger partial charge on any atom is -0.336 e. The molecule has 1 saturated heterocycles. The molecule has 1 aliphatic rings. The van der Waals surface area contributed by atoms with Crippen LogP contribution in [-0.2, 0) is 0 Å². The fraction of sp³-hybridized carbons (Fsp3) is 0.500. The summed E-state index contributed by atoms with van der Waals surface area (Å²) in [4.78, 5) is 16.6. The Morgan fingerprint density at radius 1 is 1.28 bits per heavy atom. The van der Waals surface area contributed by atoms with Gasteiger partial charge in [-0.25, -0.2) is 0 Å². The van der Waals surface area contributed by atoms with Crippen LogP contribution in [0.1, 0.15) is 15.9 Å². The monoisotopic (exact) mass is 264 g/mol. The van der Waals surface area contributed by atoms with E-state index in [1.165, 1.54) is 0 Å². The highest BCUT2D eigenvalue weighted by molar-refractivity contribution is 7.80. The zero-order chi connectivity index (χ0) is 13.0. The van der Waals surface area contributed by atoms with E-state index in [-0.39, 0.29) is 5.91 Å². The van der Waals surface area contributed by atoms with Gasteiger partial charge in [-0.3, -0.25) is 9.69 Å². The number of benzene rings is 1. The van der Waals surface area contributed by atoms with Gasteiger partial charge in [-0.05, 0) is 19.1 Å². The average molecular weight is 264 g/mol. The second kappa shape index (κ2) is 6.25. The van der Waals surface area contributed by atoms with E-state index in [0.717, 1.165) is 49.6 Å². The number of carbonyl (C=O) groups excluding carboxylic acids is 1. The molecule has 2 rings (SSSR count). The van der Waals surface area contributed by atoms with E-state index < -0.39 is 0 Å². The molecule has 0 spiro atoms. The van der Waals surface area contributed by atoms with E-state index in [1.54, 1.807) is 0 Å². The smallest absolute Gasteiger partial charge is 0.253 e. The highest BCUT2D eigenvalue weighted by Crippen LogP contribution is 2.10. The highest BCUT2D eigenvalue weighted by Gasteiger charge is 2.21. The van der Waals surface area contributed by atoms with Crippen molar-refractivity contribution in [2.45, 2.75) is 6.92 Å². The SMILES string of the molecule is Cc1cccc(C(=O)N2CCN(CCS)CC2)c1. The van der Waals surface area contributed by atoms with Gasteiger partial charge in [0.2, 0.25) is 0 Å². The van der Waals surface area contributed by atoms with Crippen LogP contribution in [0.2, 0.25) is 0 Å². The molecular weight excluding hydrogens is 244 g/mol. The lowest BCUT2D eigenvalue weighted by Gasteiger charge is -2.34. The molecule has 3 nitrogen and oxygen atoms in total. The van der Waals surface area contributed by atoms with Gasteiger partial charge >= 0.3 is 0 Å². The lowest BCUT2D eigenvalue weighted by molar-refractivity contribution is 0.0644. The lowest BCUT2D eigenvalue weighted by atomic mass is 10.1. The molecule has 0 radical (unpaired) electrons. The third-order valence-electron chi connectivity index (χ3n) is 3.34. The van der Waals surface area contributed by atoms with Crippen LogP contribution in [-0.4, -0.2) is 54.2 Å². The van der Waals surface area contributed by atoms with Crippen molar-refractivity contribution < 1.29 is 4.79 Å². The van der Waals surface area contributed by atoms with E-state index in [0.29, 0.717) is 0 Å². The molecule has 0 bridgehead atoms. The van der Waals surface area contributed by atoms with Crippen LogP contribution < -0.4 is 0 Å². The van der Waals surface area contributed by atoms with Crippen LogP contribution >= 0.6 is 12.6 Å². The molecule has 0 atom stereocenters. The molecule has 0 aromatic heterocycles. The van der Waals surface area contributed by atoms with Crippen LogP contribution in [0, 0.1) is 6.92 Å². The van der Waals surface area contributed by atoms with Crippen molar-refractivity contribution in [1.29, 1.82) is 0 Å². The quantitative estimate of drug-likeness (QED) is 0.840. The molecule has 0 aliphatic carbocycles. The Hall–Kier alpha value is -1.00. The van der Waals surface area contributed by atoms with Gasteiger partial charge in [0.1, 0.15) is 0 Å². The summed E-state index contributed by atoms with van der Waals surface area (Å²) in [6.45, 7) is 6.58. The molecule has 1 aliphatic heterocycles. The average Bonchev–Trinajstić information content (AvgIpc) is 2.39. The van der Waals surface area contributed by atoms with Crippen molar-refractivity contribution in [3.63, 3.8) is 0 Å². The zero-order valence-electron chi connectivity index (χ0n) is 10.8. The minimum atomic E-state index is 0.157. The minimum absolute atomic E-state index is 0.157. The first kappa shape index (κ1) is 13.4. The van der Waals surface area contributed by atoms with Gasteiger partial charge in [-0.2, -0.15) is 12.6 Å². The maximum Gasteiger partial charge on any atom is 0.253 e. The second-order valence-corrected chi connectivity index (χ2v) is 5.17. The number of rotatable bonds is 3. The van der Waals surface area contributed by atoms with E-state index in [2.05, 4.69) is 17.5 Å². The van der Waals surface area contributed by atoms with Gasteiger partial charge in [0.25, 0.3) is 5.91 Å². The fourth-order valence-corrected chi connectivity index (χ4v) is 2.56. The first-order chi connectivity index (χ1) is 8.70. The van der Waals surface area contributed by atoms with Crippen LogP contribution in [0.3, 0.4) is 0 Å². The number of thiol groups is 1. The number of amides is 1. The molecule has 98 valence electrons. The summed E-state index contributed by atoms with van der Waals surface area (Å²) in [7, 11) is 0. The predicted octanol–water partition coefficient (Wildman–Crippen LogP) is 1.68. The zero-order valence-corrected chi connectivity index (χ0v) is 11.7. The van der Waals surface area contributed by atoms with Crippen LogP contribution in [0.15, 0.2) is 24.3 Å². The standard InChI is InChI=1S/C14H20N2OS/c1-12-3-2-4-13(11-12)14(17)16-7-5-15(6-8-16)9-10-18/h2-4,11,18H,5-10H2,1H3. The number of nitrogens with zero attached hydrogens (tertiary/aromatic N) is 2. The van der Waals surface area contributed by atoms with Crippen molar-refractivity contribution in [1.82, 2.24) is 9.80 Å². The van der Waals surface area contributed by atoms with Crippen molar-refractivity contribution in [3.05, 3.63) is 35.4 Å². The molecule has 1 amide bonds. The number of hydrogen-bond acceptors (Lipinski definition) is 3. The summed E-state index contributed by atoms with van der Waals surface area (Å²) in [6, 6.07) is 7.82. The molecule has 1 aromatic carbocycles. The first-order valence-corrected chi connectivity index (χ1v) is 7.03. The molecule has 0 N–H and O–H groups in total. The third kappa shape index (κ3) is 3.27. The van der Waals surface area contributed by atoms with Gasteiger partial charge in [0.05, 0.1) is 0 Å². The fourth-order valence-electron chi connectivity index (χ4n) is 2.28. The lowest BCUT2D eigenvalue weighted by Crippen LogP contribution is -2.49. The van der Waals surface area contributed by atoms with Gasteiger partial charge in [-0.1, -0.05) is 17.7 Å². The van der Waals surface area contributed by atoms with Crippen LogP contribution in [0.25, 0.3) is 0 Å². The molecule has 1 heterocycles. The Morgan fingerprint density at radius 2 is 2.00 bits per heavy atom. The maximum atomic E-state index is 12.3. The Morgan fingerprint density at radius 3 is 2.61 bits per heavy atom. The first-order valence-electron chi connectivity index (χ1n) is 6.40. The van der Waals surface area contributed by atoms with E-state index in [9.17, 15) is 4.79 Å². The van der Waals surface area contributed by atoms with Gasteiger partial charge in [0.15, 0.2) is 0 Å². The number of hydrogen-bond donors (Lipinski definition) is 1. The molecule has 4 heteroatoms. The second-order valence-electron chi connectivity index (χ2n) is 4.73. The largest absolute Gasteiger partial charge is 0.336 e. The van der Waals surface area contributed by atoms with E-state index >= 15 is 0 Å². The van der Waals surface area contributed by atoms with Crippen molar-refractivity contribution in [3.8, 4) is 0 Å². The van der Waals surface area contributed by atoms with Crippen molar-refractivity contribution in [2.24, 2.45) is 0 Å². The van der Waals surface area contributed by atoms with Crippen molar-refractivity contribution >= 4 is 18.5 Å². The predicted molar refractivity (Wildman–Crippen MR) is 77.4 cm³/mol. The maximum absolute atomic E-state index is 12.3. The summed E-state index contributed by atoms with van der Waals surface area (Å²) in [5.74, 6) is 1.04. The van der Waals surface area contributed by atoms with Crippen LogP contribution in [0.5, 0.6) is 0 Å². The Balaban J connectivity index is 1.95. The topological polar surface area (TPSA) is 23.6 Å². The number of piperazine rings is 1. The van der Waals surface area contributed by atoms with E-state index in [4.69, 9.17) is 0 Å². The Labute approximate surface area is 114 Å². The third-order valence-corrected chi connectivity index (χ3v) is 3.54. The van der Waals surface area contributed by atoms with Gasteiger partial charge < -0.3 is 4.90 Å². The normalized spacial score (nSPS) is 16.9. The van der Waals surface area contributed by atoms with E-state index in [1.807, 2.05) is 36.1 Å². The Bertz CT molecular complexity index is 414. The highest BCUT2D eigenvalue weighted by atomic mass is 32.1. The summed E-state index contributed by atoms with van der Waals surface area (Å²) < 4.78 is 0. The number of aryl methyl sites for hydroxylation is 1. The molecule has 1 fully saturated rings. The van der Waals surface area contributed by atoms with Gasteiger partial charge in [0, 0.05) is 44.0 Å². The van der Waals surface area contributed by atoms with Crippen molar-refractivity contribution in [2.75, 3.05) is 38.5 Å². The van der Waals surface area contributed by atoms with Gasteiger partial charge in [-0.15, -0.1) is 0 Å². The number of carbonyl (C=O) groups is 1. The molecule has 18 heavy (non-hydrogen) atoms. The summed E-state index contributed by atoms with van der Waals surface area (Å²) in [6.07, 6.45) is 0. The van der Waals surface area contributed by atoms with Crippen LogP contribution in [0.4, 0.5) is 0 Å². The molecule has 1 aromatic rings. The summed E-state index contributed by atoms with van der Waals surface area (Å²) >= 11 is 4.24. The molecule has 0 unspecified atom stereocenters.